The summed E-state index contributed by atoms with van der Waals surface area (Å²) in [4.78, 5) is 24.6. The third-order valence-electron chi connectivity index (χ3n) is 2.45. The molecule has 1 heterocycles. The molecule has 0 N–H and O–H groups in total. The molecule has 0 atom stereocenters. The number of nitrogens with zero attached hydrogens (tertiary/aromatic N) is 1. The predicted molar refractivity (Wildman–Crippen MR) is 61.5 cm³/mol. The lowest BCUT2D eigenvalue weighted by atomic mass is 10.1. The zero-order chi connectivity index (χ0) is 11.7. The van der Waals surface area contributed by atoms with Crippen LogP contribution in [0.15, 0.2) is 18.2 Å². The summed E-state index contributed by atoms with van der Waals surface area (Å²) >= 11 is 3.26. The first kappa shape index (κ1) is 11.3. The van der Waals surface area contributed by atoms with Crippen molar-refractivity contribution >= 4 is 33.3 Å². The number of carbonyl (C=O) groups is 2. The van der Waals surface area contributed by atoms with Crippen molar-refractivity contribution in [2.75, 3.05) is 16.8 Å². The second-order valence-electron chi connectivity index (χ2n) is 3.49. The Hall–Kier alpha value is -1.23. The summed E-state index contributed by atoms with van der Waals surface area (Å²) < 4.78 is 13.0. The molecular weight excluding hydrogens is 277 g/mol. The number of hydrogen-bond acceptors (Lipinski definition) is 2. The van der Waals surface area contributed by atoms with Crippen molar-refractivity contribution in [1.29, 1.82) is 0 Å². The molecule has 0 radical (unpaired) electrons. The van der Waals surface area contributed by atoms with Gasteiger partial charge in [0.25, 0.3) is 11.7 Å². The normalized spacial score (nSPS) is 14.5. The minimum Gasteiger partial charge on any atom is -0.305 e. The number of Topliss-reactive ketones (excluding diaryl/α,β-unsaturated/α-hetero) is 1. The Balaban J connectivity index is 2.38. The summed E-state index contributed by atoms with van der Waals surface area (Å²) in [5, 5.41) is 0.751. The largest absolute Gasteiger partial charge is 0.305 e. The number of fused-ring (bicyclic) bond motifs is 1. The molecular formula is C11H9BrFNO2. The summed E-state index contributed by atoms with van der Waals surface area (Å²) in [5.74, 6) is -1.69. The van der Waals surface area contributed by atoms with Crippen LogP contribution in [0.4, 0.5) is 10.1 Å². The predicted octanol–water partition coefficient (Wildman–Crippen LogP) is 2.14. The van der Waals surface area contributed by atoms with Crippen LogP contribution in [0.3, 0.4) is 0 Å². The van der Waals surface area contributed by atoms with Crippen molar-refractivity contribution in [1.82, 2.24) is 0 Å². The van der Waals surface area contributed by atoms with Gasteiger partial charge in [0.2, 0.25) is 0 Å². The summed E-state index contributed by atoms with van der Waals surface area (Å²) in [5.41, 5.74) is 0.678. The van der Waals surface area contributed by atoms with Crippen LogP contribution in [0.1, 0.15) is 16.8 Å². The van der Waals surface area contributed by atoms with Crippen LogP contribution >= 0.6 is 15.9 Å². The van der Waals surface area contributed by atoms with Gasteiger partial charge in [-0.05, 0) is 24.6 Å². The van der Waals surface area contributed by atoms with Gasteiger partial charge in [-0.3, -0.25) is 9.59 Å². The van der Waals surface area contributed by atoms with E-state index >= 15 is 0 Å². The molecule has 0 aliphatic carbocycles. The SMILES string of the molecule is O=C1C(=O)N(CCCBr)c2ccc(F)cc21. The Bertz CT molecular complexity index is 461. The van der Waals surface area contributed by atoms with E-state index in [0.717, 1.165) is 17.8 Å². The molecule has 1 aromatic carbocycles. The molecule has 1 aromatic rings. The number of anilines is 1. The van der Waals surface area contributed by atoms with Gasteiger partial charge in [-0.2, -0.15) is 0 Å². The summed E-state index contributed by atoms with van der Waals surface area (Å²) in [6.07, 6.45) is 0.746. The van der Waals surface area contributed by atoms with Crippen molar-refractivity contribution in [3.05, 3.63) is 29.6 Å². The smallest absolute Gasteiger partial charge is 0.299 e. The first-order valence-electron chi connectivity index (χ1n) is 4.87. The third kappa shape index (κ3) is 1.75. The highest BCUT2D eigenvalue weighted by Gasteiger charge is 2.35. The van der Waals surface area contributed by atoms with Gasteiger partial charge < -0.3 is 4.90 Å². The highest BCUT2D eigenvalue weighted by Crippen LogP contribution is 2.29. The average Bonchev–Trinajstić information content (AvgIpc) is 2.50. The van der Waals surface area contributed by atoms with E-state index in [4.69, 9.17) is 0 Å². The molecule has 5 heteroatoms. The molecule has 84 valence electrons. The number of amides is 1. The monoisotopic (exact) mass is 285 g/mol. The van der Waals surface area contributed by atoms with E-state index in [9.17, 15) is 14.0 Å². The van der Waals surface area contributed by atoms with Crippen LogP contribution < -0.4 is 4.90 Å². The minimum absolute atomic E-state index is 0.166. The number of benzene rings is 1. The molecule has 1 amide bonds. The van der Waals surface area contributed by atoms with Crippen LogP contribution in [0.25, 0.3) is 0 Å². The van der Waals surface area contributed by atoms with Gasteiger partial charge in [-0.25, -0.2) is 4.39 Å². The fraction of sp³-hybridized carbons (Fsp3) is 0.273. The van der Waals surface area contributed by atoms with E-state index in [0.29, 0.717) is 12.2 Å². The second kappa shape index (κ2) is 4.33. The molecule has 2 rings (SSSR count). The van der Waals surface area contributed by atoms with Gasteiger partial charge in [-0.15, -0.1) is 0 Å². The lowest BCUT2D eigenvalue weighted by Crippen LogP contribution is -2.30. The molecule has 0 bridgehead atoms. The molecule has 0 fully saturated rings. The first-order valence-corrected chi connectivity index (χ1v) is 5.99. The second-order valence-corrected chi connectivity index (χ2v) is 4.28. The van der Waals surface area contributed by atoms with Crippen molar-refractivity contribution in [2.24, 2.45) is 0 Å². The number of ketones is 1. The maximum absolute atomic E-state index is 13.0. The van der Waals surface area contributed by atoms with Crippen LogP contribution in [0.2, 0.25) is 0 Å². The molecule has 0 spiro atoms. The van der Waals surface area contributed by atoms with Gasteiger partial charge in [0.05, 0.1) is 11.3 Å². The van der Waals surface area contributed by atoms with E-state index in [2.05, 4.69) is 15.9 Å². The van der Waals surface area contributed by atoms with Gasteiger partial charge in [-0.1, -0.05) is 15.9 Å². The Kier molecular flexibility index (Phi) is 3.05. The molecule has 1 aliphatic heterocycles. The number of halogens is 2. The summed E-state index contributed by atoms with van der Waals surface area (Å²) in [7, 11) is 0. The highest BCUT2D eigenvalue weighted by atomic mass is 79.9. The number of carbonyl (C=O) groups excluding carboxylic acids is 2. The van der Waals surface area contributed by atoms with E-state index in [-0.39, 0.29) is 5.56 Å². The van der Waals surface area contributed by atoms with Gasteiger partial charge in [0, 0.05) is 11.9 Å². The zero-order valence-corrected chi connectivity index (χ0v) is 9.96. The minimum atomic E-state index is -0.621. The number of rotatable bonds is 3. The Morgan fingerprint density at radius 1 is 1.31 bits per heavy atom. The standard InChI is InChI=1S/C11H9BrFNO2/c12-4-1-5-14-9-3-2-7(13)6-8(9)10(15)11(14)16/h2-3,6H,1,4-5H2. The van der Waals surface area contributed by atoms with Crippen molar-refractivity contribution in [2.45, 2.75) is 6.42 Å². The fourth-order valence-electron chi connectivity index (χ4n) is 1.71. The maximum Gasteiger partial charge on any atom is 0.299 e. The number of alkyl halides is 1. The Morgan fingerprint density at radius 3 is 2.75 bits per heavy atom. The number of hydrogen-bond donors (Lipinski definition) is 0. The molecule has 0 saturated carbocycles. The van der Waals surface area contributed by atoms with Crippen LogP contribution in [0, 0.1) is 5.82 Å². The summed E-state index contributed by atoms with van der Waals surface area (Å²) in [6.45, 7) is 0.467. The maximum atomic E-state index is 13.0. The Labute approximate surface area is 100 Å². The molecule has 0 saturated heterocycles. The molecule has 16 heavy (non-hydrogen) atoms. The van der Waals surface area contributed by atoms with Crippen LogP contribution in [-0.2, 0) is 4.79 Å². The lowest BCUT2D eigenvalue weighted by Gasteiger charge is -2.15. The van der Waals surface area contributed by atoms with E-state index < -0.39 is 17.5 Å². The first-order chi connectivity index (χ1) is 7.65. The van der Waals surface area contributed by atoms with Crippen LogP contribution in [-0.4, -0.2) is 23.6 Å². The van der Waals surface area contributed by atoms with Gasteiger partial charge in [0.15, 0.2) is 0 Å². The quantitative estimate of drug-likeness (QED) is 0.630. The average molecular weight is 286 g/mol. The van der Waals surface area contributed by atoms with Gasteiger partial charge >= 0.3 is 0 Å². The molecule has 0 aromatic heterocycles. The molecule has 1 aliphatic rings. The lowest BCUT2D eigenvalue weighted by molar-refractivity contribution is -0.114. The van der Waals surface area contributed by atoms with Crippen molar-refractivity contribution in [3.8, 4) is 0 Å². The fourth-order valence-corrected chi connectivity index (χ4v) is 1.96. The summed E-state index contributed by atoms with van der Waals surface area (Å²) in [6, 6.07) is 3.84. The van der Waals surface area contributed by atoms with Crippen molar-refractivity contribution in [3.63, 3.8) is 0 Å². The van der Waals surface area contributed by atoms with Crippen molar-refractivity contribution < 1.29 is 14.0 Å². The molecule has 0 unspecified atom stereocenters. The zero-order valence-electron chi connectivity index (χ0n) is 8.37. The van der Waals surface area contributed by atoms with E-state index in [1.54, 1.807) is 0 Å². The van der Waals surface area contributed by atoms with E-state index in [1.807, 2.05) is 0 Å². The molecule has 3 nitrogen and oxygen atoms in total. The topological polar surface area (TPSA) is 37.4 Å². The van der Waals surface area contributed by atoms with Crippen LogP contribution in [0.5, 0.6) is 0 Å². The highest BCUT2D eigenvalue weighted by molar-refractivity contribution is 9.09. The third-order valence-corrected chi connectivity index (χ3v) is 3.01. The van der Waals surface area contributed by atoms with Gasteiger partial charge in [0.1, 0.15) is 5.82 Å². The Morgan fingerprint density at radius 2 is 2.06 bits per heavy atom. The van der Waals surface area contributed by atoms with E-state index in [1.165, 1.54) is 17.0 Å².